The van der Waals surface area contributed by atoms with Crippen molar-refractivity contribution in [1.29, 1.82) is 0 Å². The van der Waals surface area contributed by atoms with Crippen LogP contribution in [0.2, 0.25) is 0 Å². The van der Waals surface area contributed by atoms with Gasteiger partial charge in [0.2, 0.25) is 9.05 Å². The number of halogens is 1. The third-order valence-electron chi connectivity index (χ3n) is 2.55. The first-order valence-electron chi connectivity index (χ1n) is 5.51. The van der Waals surface area contributed by atoms with E-state index in [1.165, 1.54) is 0 Å². The molecule has 2 aromatic rings. The van der Waals surface area contributed by atoms with Gasteiger partial charge in [-0.3, -0.25) is 0 Å². The highest BCUT2D eigenvalue weighted by Crippen LogP contribution is 2.24. The Kier molecular flexibility index (Phi) is 3.82. The summed E-state index contributed by atoms with van der Waals surface area (Å²) in [5.41, 5.74) is 2.19. The largest absolute Gasteiger partial charge is 0.378 e. The Morgan fingerprint density at radius 2 is 1.89 bits per heavy atom. The monoisotopic (exact) mass is 300 g/mol. The topological polar surface area (TPSA) is 63.4 Å². The first-order valence-corrected chi connectivity index (χ1v) is 7.99. The second-order valence-electron chi connectivity index (χ2n) is 4.31. The third-order valence-corrected chi connectivity index (χ3v) is 3.52. The molecule has 0 radical (unpaired) electrons. The van der Waals surface area contributed by atoms with Crippen LogP contribution in [-0.2, 0) is 14.8 Å². The van der Waals surface area contributed by atoms with Crippen LogP contribution < -0.4 is 4.90 Å². The van der Waals surface area contributed by atoms with Crippen molar-refractivity contribution in [2.45, 2.75) is 5.75 Å². The van der Waals surface area contributed by atoms with E-state index >= 15 is 0 Å². The number of aromatic nitrogens is 1. The third kappa shape index (κ3) is 3.71. The molecule has 0 aliphatic rings. The van der Waals surface area contributed by atoms with Crippen LogP contribution in [0.25, 0.3) is 11.3 Å². The van der Waals surface area contributed by atoms with Crippen LogP contribution >= 0.6 is 10.7 Å². The predicted molar refractivity (Wildman–Crippen MR) is 74.7 cm³/mol. The Bertz CT molecular complexity index is 663. The molecule has 2 rings (SSSR count). The van der Waals surface area contributed by atoms with E-state index < -0.39 is 9.05 Å². The fourth-order valence-electron chi connectivity index (χ4n) is 1.62. The Labute approximate surface area is 116 Å². The lowest BCUT2D eigenvalue weighted by Gasteiger charge is -2.11. The summed E-state index contributed by atoms with van der Waals surface area (Å²) in [6.45, 7) is 0. The molecular formula is C12H13ClN2O3S. The van der Waals surface area contributed by atoms with Crippen LogP contribution in [0.15, 0.2) is 34.9 Å². The summed E-state index contributed by atoms with van der Waals surface area (Å²) in [6, 6.07) is 9.22. The maximum atomic E-state index is 10.9. The maximum Gasteiger partial charge on any atom is 0.238 e. The zero-order valence-electron chi connectivity index (χ0n) is 10.5. The number of rotatable bonds is 4. The minimum Gasteiger partial charge on any atom is -0.378 e. The Hall–Kier alpha value is -1.53. The van der Waals surface area contributed by atoms with E-state index in [9.17, 15) is 8.42 Å². The van der Waals surface area contributed by atoms with Gasteiger partial charge in [-0.05, 0) is 24.3 Å². The molecule has 0 saturated heterocycles. The lowest BCUT2D eigenvalue weighted by Crippen LogP contribution is -2.07. The van der Waals surface area contributed by atoms with E-state index in [2.05, 4.69) is 5.16 Å². The fourth-order valence-corrected chi connectivity index (χ4v) is 2.44. The molecule has 19 heavy (non-hydrogen) atoms. The average molecular weight is 301 g/mol. The van der Waals surface area contributed by atoms with Gasteiger partial charge in [-0.15, -0.1) is 0 Å². The second kappa shape index (κ2) is 5.22. The van der Waals surface area contributed by atoms with Crippen LogP contribution in [0.4, 0.5) is 5.69 Å². The molecular weight excluding hydrogens is 288 g/mol. The quantitative estimate of drug-likeness (QED) is 0.812. The molecule has 0 amide bonds. The zero-order chi connectivity index (χ0) is 14.0. The van der Waals surface area contributed by atoms with Crippen molar-refractivity contribution in [3.63, 3.8) is 0 Å². The summed E-state index contributed by atoms with van der Waals surface area (Å²) in [5.74, 6) is 0.175. The van der Waals surface area contributed by atoms with Crippen molar-refractivity contribution in [1.82, 2.24) is 5.16 Å². The number of hydrogen-bond acceptors (Lipinski definition) is 5. The van der Waals surface area contributed by atoms with Crippen molar-refractivity contribution in [2.24, 2.45) is 0 Å². The van der Waals surface area contributed by atoms with Crippen molar-refractivity contribution in [3.8, 4) is 11.3 Å². The van der Waals surface area contributed by atoms with E-state index in [1.54, 1.807) is 6.07 Å². The standard InChI is InChI=1S/C12H13ClN2O3S/c1-15(2)11-5-3-9(4-6-11)12-7-10(14-18-12)8-19(13,16)17/h3-7H,8H2,1-2H3. The number of anilines is 1. The summed E-state index contributed by atoms with van der Waals surface area (Å²) in [7, 11) is 5.45. The molecule has 1 aromatic carbocycles. The van der Waals surface area contributed by atoms with Crippen molar-refractivity contribution < 1.29 is 12.9 Å². The second-order valence-corrected chi connectivity index (χ2v) is 7.08. The number of hydrogen-bond donors (Lipinski definition) is 0. The molecule has 1 aromatic heterocycles. The zero-order valence-corrected chi connectivity index (χ0v) is 12.1. The minimum absolute atomic E-state index is 0.293. The molecule has 102 valence electrons. The molecule has 0 bridgehead atoms. The molecule has 0 N–H and O–H groups in total. The number of benzene rings is 1. The predicted octanol–water partition coefficient (Wildman–Crippen LogP) is 2.48. The van der Waals surface area contributed by atoms with E-state index in [1.807, 2.05) is 43.3 Å². The lowest BCUT2D eigenvalue weighted by molar-refractivity contribution is 0.426. The van der Waals surface area contributed by atoms with Gasteiger partial charge in [-0.1, -0.05) is 5.16 Å². The Morgan fingerprint density at radius 3 is 2.42 bits per heavy atom. The smallest absolute Gasteiger partial charge is 0.238 e. The SMILES string of the molecule is CN(C)c1ccc(-c2cc(CS(=O)(=O)Cl)no2)cc1. The highest BCUT2D eigenvalue weighted by Gasteiger charge is 2.13. The van der Waals surface area contributed by atoms with E-state index in [0.717, 1.165) is 11.3 Å². The first kappa shape index (κ1) is 13.9. The van der Waals surface area contributed by atoms with Gasteiger partial charge in [0.05, 0.1) is 0 Å². The molecule has 5 nitrogen and oxygen atoms in total. The summed E-state index contributed by atoms with van der Waals surface area (Å²) >= 11 is 0. The van der Waals surface area contributed by atoms with Crippen LogP contribution in [0, 0.1) is 0 Å². The van der Waals surface area contributed by atoms with Crippen molar-refractivity contribution >= 4 is 25.4 Å². The molecule has 7 heteroatoms. The molecule has 0 atom stereocenters. The van der Waals surface area contributed by atoms with Gasteiger partial charge >= 0.3 is 0 Å². The summed E-state index contributed by atoms with van der Waals surface area (Å²) in [6.07, 6.45) is 0. The van der Waals surface area contributed by atoms with Crippen molar-refractivity contribution in [3.05, 3.63) is 36.0 Å². The highest BCUT2D eigenvalue weighted by molar-refractivity contribution is 8.13. The van der Waals surface area contributed by atoms with E-state index in [0.29, 0.717) is 11.5 Å². The molecule has 0 aliphatic heterocycles. The summed E-state index contributed by atoms with van der Waals surface area (Å²) in [4.78, 5) is 1.98. The molecule has 0 aliphatic carbocycles. The summed E-state index contributed by atoms with van der Waals surface area (Å²) in [5, 5.41) is 3.69. The molecule has 0 unspecified atom stereocenters. The van der Waals surface area contributed by atoms with Gasteiger partial charge < -0.3 is 9.42 Å². The summed E-state index contributed by atoms with van der Waals surface area (Å²) < 4.78 is 27.0. The normalized spacial score (nSPS) is 11.5. The van der Waals surface area contributed by atoms with Gasteiger partial charge in [0.15, 0.2) is 5.76 Å². The van der Waals surface area contributed by atoms with Gasteiger partial charge in [0, 0.05) is 42.1 Å². The fraction of sp³-hybridized carbons (Fsp3) is 0.250. The van der Waals surface area contributed by atoms with Gasteiger partial charge in [-0.2, -0.15) is 0 Å². The number of nitrogens with zero attached hydrogens (tertiary/aromatic N) is 2. The lowest BCUT2D eigenvalue weighted by atomic mass is 10.1. The molecule has 1 heterocycles. The van der Waals surface area contributed by atoms with Gasteiger partial charge in [0.1, 0.15) is 11.4 Å². The van der Waals surface area contributed by atoms with E-state index in [-0.39, 0.29) is 5.75 Å². The Balaban J connectivity index is 2.23. The van der Waals surface area contributed by atoms with Crippen LogP contribution in [-0.4, -0.2) is 27.7 Å². The molecule has 0 saturated carbocycles. The Morgan fingerprint density at radius 1 is 1.26 bits per heavy atom. The molecule has 0 spiro atoms. The average Bonchev–Trinajstić information content (AvgIpc) is 2.75. The van der Waals surface area contributed by atoms with Gasteiger partial charge in [-0.25, -0.2) is 8.42 Å². The van der Waals surface area contributed by atoms with Crippen molar-refractivity contribution in [2.75, 3.05) is 19.0 Å². The van der Waals surface area contributed by atoms with Gasteiger partial charge in [0.25, 0.3) is 0 Å². The minimum atomic E-state index is -3.62. The maximum absolute atomic E-state index is 10.9. The van der Waals surface area contributed by atoms with Crippen LogP contribution in [0.3, 0.4) is 0 Å². The highest BCUT2D eigenvalue weighted by atomic mass is 35.7. The molecule has 0 fully saturated rings. The van der Waals surface area contributed by atoms with E-state index in [4.69, 9.17) is 15.2 Å². The van der Waals surface area contributed by atoms with Crippen LogP contribution in [0.5, 0.6) is 0 Å². The first-order chi connectivity index (χ1) is 8.85. The van der Waals surface area contributed by atoms with Crippen LogP contribution in [0.1, 0.15) is 5.69 Å².